The number of likely N-dealkylation sites (N-methyl/N-ethyl adjacent to an activating group) is 2. The summed E-state index contributed by atoms with van der Waals surface area (Å²) in [6, 6.07) is 2.23. The van der Waals surface area contributed by atoms with Crippen LogP contribution in [0.25, 0.3) is 0 Å². The Kier molecular flexibility index (Phi) is 5.96. The van der Waals surface area contributed by atoms with Gasteiger partial charge in [-0.25, -0.2) is 4.98 Å². The lowest BCUT2D eigenvalue weighted by Crippen LogP contribution is -2.35. The quantitative estimate of drug-likeness (QED) is 0.865. The first-order chi connectivity index (χ1) is 9.19. The topological polar surface area (TPSA) is 31.4 Å². The highest BCUT2D eigenvalue weighted by molar-refractivity contribution is 5.46. The first-order valence-corrected chi connectivity index (χ1v) is 7.25. The number of anilines is 1. The highest BCUT2D eigenvalue weighted by Gasteiger charge is 2.11. The summed E-state index contributed by atoms with van der Waals surface area (Å²) in [6.07, 6.45) is 1.98. The van der Waals surface area contributed by atoms with Crippen LogP contribution in [0.5, 0.6) is 0 Å². The maximum Gasteiger partial charge on any atom is 0.131 e. The molecule has 4 nitrogen and oxygen atoms in total. The van der Waals surface area contributed by atoms with E-state index in [0.717, 1.165) is 25.5 Å². The summed E-state index contributed by atoms with van der Waals surface area (Å²) < 4.78 is 0. The second-order valence-electron chi connectivity index (χ2n) is 6.81. The molecule has 0 saturated heterocycles. The van der Waals surface area contributed by atoms with Gasteiger partial charge in [-0.3, -0.25) is 0 Å². The van der Waals surface area contributed by atoms with Gasteiger partial charge >= 0.3 is 0 Å². The molecule has 4 heteroatoms. The molecule has 0 amide bonds. The van der Waals surface area contributed by atoms with E-state index in [1.54, 1.807) is 0 Å². The van der Waals surface area contributed by atoms with E-state index in [9.17, 15) is 0 Å². The molecule has 0 atom stereocenters. The Labute approximate surface area is 124 Å². The monoisotopic (exact) mass is 278 g/mol. The minimum Gasteiger partial charge on any atom is -0.358 e. The van der Waals surface area contributed by atoms with Crippen LogP contribution in [0, 0.1) is 6.92 Å². The van der Waals surface area contributed by atoms with Crippen LogP contribution < -0.4 is 10.2 Å². The first-order valence-electron chi connectivity index (χ1n) is 7.25. The summed E-state index contributed by atoms with van der Waals surface area (Å²) in [5, 5.41) is 3.49. The van der Waals surface area contributed by atoms with Crippen molar-refractivity contribution in [3.63, 3.8) is 0 Å². The fraction of sp³-hybridized carbons (Fsp3) is 0.688. The van der Waals surface area contributed by atoms with Crippen molar-refractivity contribution in [3.05, 3.63) is 23.4 Å². The molecule has 114 valence electrons. The Hall–Kier alpha value is -1.13. The Morgan fingerprint density at radius 2 is 1.80 bits per heavy atom. The van der Waals surface area contributed by atoms with Crippen molar-refractivity contribution in [2.45, 2.75) is 39.8 Å². The number of aryl methyl sites for hydroxylation is 1. The molecule has 0 bridgehead atoms. The number of hydrogen-bond donors (Lipinski definition) is 1. The molecular formula is C16H30N4. The number of nitrogens with zero attached hydrogens (tertiary/aromatic N) is 3. The third kappa shape index (κ3) is 5.88. The lowest BCUT2D eigenvalue weighted by Gasteiger charge is -2.23. The lowest BCUT2D eigenvalue weighted by molar-refractivity contribution is 0.416. The second-order valence-corrected chi connectivity index (χ2v) is 6.81. The molecule has 0 unspecified atom stereocenters. The fourth-order valence-electron chi connectivity index (χ4n) is 1.95. The minimum atomic E-state index is 0.134. The Balaban J connectivity index is 2.67. The van der Waals surface area contributed by atoms with E-state index >= 15 is 0 Å². The summed E-state index contributed by atoms with van der Waals surface area (Å²) in [4.78, 5) is 9.03. The molecule has 0 aliphatic carbocycles. The van der Waals surface area contributed by atoms with Gasteiger partial charge in [-0.15, -0.1) is 0 Å². The molecule has 1 N–H and O–H groups in total. The molecule has 0 spiro atoms. The molecule has 0 aliphatic heterocycles. The number of pyridine rings is 1. The van der Waals surface area contributed by atoms with E-state index in [1.165, 1.54) is 11.1 Å². The Morgan fingerprint density at radius 3 is 2.30 bits per heavy atom. The fourth-order valence-corrected chi connectivity index (χ4v) is 1.95. The smallest absolute Gasteiger partial charge is 0.131 e. The maximum atomic E-state index is 4.62. The predicted molar refractivity (Wildman–Crippen MR) is 87.4 cm³/mol. The molecule has 0 radical (unpaired) electrons. The van der Waals surface area contributed by atoms with Crippen LogP contribution in [0.4, 0.5) is 5.82 Å². The van der Waals surface area contributed by atoms with Crippen LogP contribution in [-0.2, 0) is 6.54 Å². The molecule has 1 heterocycles. The van der Waals surface area contributed by atoms with Crippen LogP contribution in [-0.4, -0.2) is 49.7 Å². The maximum absolute atomic E-state index is 4.62. The van der Waals surface area contributed by atoms with Gasteiger partial charge in [-0.2, -0.15) is 0 Å². The SMILES string of the molecule is Cc1cc(CNC(C)(C)C)cnc1N(C)CCN(C)C. The van der Waals surface area contributed by atoms with Gasteiger partial charge in [-0.1, -0.05) is 0 Å². The number of aromatic nitrogens is 1. The largest absolute Gasteiger partial charge is 0.358 e. The highest BCUT2D eigenvalue weighted by Crippen LogP contribution is 2.17. The third-order valence-electron chi connectivity index (χ3n) is 3.17. The summed E-state index contributed by atoms with van der Waals surface area (Å²) in [5.74, 6) is 1.08. The van der Waals surface area contributed by atoms with Crippen LogP contribution in [0.15, 0.2) is 12.3 Å². The predicted octanol–water partition coefficient (Wildman–Crippen LogP) is 2.28. The molecule has 0 fully saturated rings. The van der Waals surface area contributed by atoms with Gasteiger partial charge in [0.15, 0.2) is 0 Å². The number of rotatable bonds is 6. The summed E-state index contributed by atoms with van der Waals surface area (Å²) >= 11 is 0. The molecule has 1 aromatic rings. The molecule has 0 aromatic carbocycles. The summed E-state index contributed by atoms with van der Waals surface area (Å²) in [5.41, 5.74) is 2.61. The van der Waals surface area contributed by atoms with Gasteiger partial charge in [0.2, 0.25) is 0 Å². The van der Waals surface area contributed by atoms with Crippen molar-refractivity contribution < 1.29 is 0 Å². The Morgan fingerprint density at radius 1 is 1.15 bits per heavy atom. The number of nitrogens with one attached hydrogen (secondary N) is 1. The van der Waals surface area contributed by atoms with Gasteiger partial charge in [0, 0.05) is 38.4 Å². The van der Waals surface area contributed by atoms with Gasteiger partial charge in [0.1, 0.15) is 5.82 Å². The van der Waals surface area contributed by atoms with Crippen molar-refractivity contribution in [1.82, 2.24) is 15.2 Å². The second kappa shape index (κ2) is 7.04. The van der Waals surface area contributed by atoms with E-state index in [2.05, 4.69) is 75.0 Å². The lowest BCUT2D eigenvalue weighted by atomic mass is 10.1. The van der Waals surface area contributed by atoms with Crippen LogP contribution in [0.1, 0.15) is 31.9 Å². The molecule has 0 aliphatic rings. The summed E-state index contributed by atoms with van der Waals surface area (Å²) in [6.45, 7) is 11.5. The van der Waals surface area contributed by atoms with Crippen molar-refractivity contribution in [2.24, 2.45) is 0 Å². The average Bonchev–Trinajstić information content (AvgIpc) is 2.32. The van der Waals surface area contributed by atoms with E-state index in [4.69, 9.17) is 0 Å². The zero-order valence-corrected chi connectivity index (χ0v) is 14.1. The van der Waals surface area contributed by atoms with E-state index < -0.39 is 0 Å². The molecule has 20 heavy (non-hydrogen) atoms. The third-order valence-corrected chi connectivity index (χ3v) is 3.17. The minimum absolute atomic E-state index is 0.134. The standard InChI is InChI=1S/C16H30N4/c1-13-10-14(12-18-16(2,3)4)11-17-15(13)20(7)9-8-19(5)6/h10-11,18H,8-9,12H2,1-7H3. The van der Waals surface area contributed by atoms with Crippen molar-refractivity contribution >= 4 is 5.82 Å². The Bertz CT molecular complexity index is 421. The van der Waals surface area contributed by atoms with Crippen LogP contribution in [0.2, 0.25) is 0 Å². The number of hydrogen-bond acceptors (Lipinski definition) is 4. The molecular weight excluding hydrogens is 248 g/mol. The summed E-state index contributed by atoms with van der Waals surface area (Å²) in [7, 11) is 6.29. The first kappa shape index (κ1) is 16.9. The van der Waals surface area contributed by atoms with Gasteiger partial charge < -0.3 is 15.1 Å². The highest BCUT2D eigenvalue weighted by atomic mass is 15.2. The van der Waals surface area contributed by atoms with E-state index in [1.807, 2.05) is 6.20 Å². The molecule has 1 aromatic heterocycles. The molecule has 1 rings (SSSR count). The van der Waals surface area contributed by atoms with E-state index in [-0.39, 0.29) is 5.54 Å². The van der Waals surface area contributed by atoms with E-state index in [0.29, 0.717) is 0 Å². The van der Waals surface area contributed by atoms with Gasteiger partial charge in [-0.05, 0) is 59.0 Å². The molecule has 0 saturated carbocycles. The zero-order chi connectivity index (χ0) is 15.3. The average molecular weight is 278 g/mol. The van der Waals surface area contributed by atoms with Gasteiger partial charge in [0.25, 0.3) is 0 Å². The van der Waals surface area contributed by atoms with Gasteiger partial charge in [0.05, 0.1) is 0 Å². The zero-order valence-electron chi connectivity index (χ0n) is 14.1. The van der Waals surface area contributed by atoms with Crippen LogP contribution >= 0.6 is 0 Å². The van der Waals surface area contributed by atoms with Crippen molar-refractivity contribution in [1.29, 1.82) is 0 Å². The van der Waals surface area contributed by atoms with Crippen LogP contribution in [0.3, 0.4) is 0 Å². The normalized spacial score (nSPS) is 12.0. The van der Waals surface area contributed by atoms with Crippen molar-refractivity contribution in [2.75, 3.05) is 39.1 Å². The van der Waals surface area contributed by atoms with Crippen molar-refractivity contribution in [3.8, 4) is 0 Å².